The lowest BCUT2D eigenvalue weighted by atomic mass is 9.84. The van der Waals surface area contributed by atoms with Crippen LogP contribution in [0.4, 0.5) is 5.69 Å². The summed E-state index contributed by atoms with van der Waals surface area (Å²) in [4.78, 5) is 2.36. The van der Waals surface area contributed by atoms with Crippen LogP contribution in [-0.2, 0) is 0 Å². The Labute approximate surface area is 129 Å². The molecule has 3 heteroatoms. The van der Waals surface area contributed by atoms with Crippen molar-refractivity contribution in [1.29, 1.82) is 0 Å². The minimum atomic E-state index is 0.677. The van der Waals surface area contributed by atoms with Crippen molar-refractivity contribution in [2.45, 2.75) is 45.1 Å². The van der Waals surface area contributed by atoms with Crippen LogP contribution < -0.4 is 15.0 Å². The highest BCUT2D eigenvalue weighted by atomic mass is 16.5. The van der Waals surface area contributed by atoms with Crippen molar-refractivity contribution in [3.63, 3.8) is 0 Å². The van der Waals surface area contributed by atoms with E-state index in [9.17, 15) is 0 Å². The van der Waals surface area contributed by atoms with Gasteiger partial charge in [0.15, 0.2) is 0 Å². The molecule has 0 aliphatic heterocycles. The Morgan fingerprint density at radius 1 is 1.24 bits per heavy atom. The van der Waals surface area contributed by atoms with Gasteiger partial charge < -0.3 is 15.0 Å². The number of hydrogen-bond acceptors (Lipinski definition) is 3. The van der Waals surface area contributed by atoms with Crippen LogP contribution in [-0.4, -0.2) is 33.3 Å². The number of nitrogens with one attached hydrogen (secondary N) is 1. The summed E-state index contributed by atoms with van der Waals surface area (Å²) in [6.45, 7) is 4.48. The number of ether oxygens (including phenoxy) is 1. The van der Waals surface area contributed by atoms with Gasteiger partial charge in [0.05, 0.1) is 12.8 Å². The van der Waals surface area contributed by atoms with Crippen molar-refractivity contribution in [2.24, 2.45) is 5.92 Å². The third-order valence-corrected chi connectivity index (χ3v) is 4.57. The van der Waals surface area contributed by atoms with E-state index >= 15 is 0 Å². The first-order valence-electron chi connectivity index (χ1n) is 8.33. The fourth-order valence-corrected chi connectivity index (χ4v) is 3.42. The lowest BCUT2D eigenvalue weighted by molar-refractivity contribution is 0.266. The smallest absolute Gasteiger partial charge is 0.142 e. The fraction of sp³-hybridized carbons (Fsp3) is 0.667. The summed E-state index contributed by atoms with van der Waals surface area (Å²) < 4.78 is 5.49. The number of anilines is 1. The van der Waals surface area contributed by atoms with E-state index in [0.29, 0.717) is 6.04 Å². The number of hydrogen-bond donors (Lipinski definition) is 1. The van der Waals surface area contributed by atoms with Gasteiger partial charge in [-0.3, -0.25) is 0 Å². The maximum absolute atomic E-state index is 5.49. The van der Waals surface area contributed by atoms with Gasteiger partial charge in [-0.25, -0.2) is 0 Å². The van der Waals surface area contributed by atoms with Gasteiger partial charge in [0.1, 0.15) is 5.75 Å². The Bertz CT molecular complexity index is 421. The third-order valence-electron chi connectivity index (χ3n) is 4.57. The largest absolute Gasteiger partial charge is 0.495 e. The van der Waals surface area contributed by atoms with E-state index in [1.54, 1.807) is 7.11 Å². The van der Waals surface area contributed by atoms with Crippen molar-refractivity contribution in [1.82, 2.24) is 5.32 Å². The topological polar surface area (TPSA) is 24.5 Å². The highest BCUT2D eigenvalue weighted by Crippen LogP contribution is 2.30. The molecule has 0 bridgehead atoms. The van der Waals surface area contributed by atoms with Gasteiger partial charge in [-0.2, -0.15) is 0 Å². The quantitative estimate of drug-likeness (QED) is 0.829. The molecule has 21 heavy (non-hydrogen) atoms. The highest BCUT2D eigenvalue weighted by Gasteiger charge is 2.26. The molecule has 2 atom stereocenters. The van der Waals surface area contributed by atoms with Crippen molar-refractivity contribution in [3.8, 4) is 5.75 Å². The second kappa shape index (κ2) is 8.28. The number of nitrogens with zero attached hydrogens (tertiary/aromatic N) is 1. The van der Waals surface area contributed by atoms with E-state index in [0.717, 1.165) is 24.8 Å². The number of rotatable bonds is 7. The summed E-state index contributed by atoms with van der Waals surface area (Å²) in [5.74, 6) is 1.70. The van der Waals surface area contributed by atoms with Crippen LogP contribution in [0.25, 0.3) is 0 Å². The first-order valence-corrected chi connectivity index (χ1v) is 8.33. The summed E-state index contributed by atoms with van der Waals surface area (Å²) in [5, 5.41) is 3.75. The first-order chi connectivity index (χ1) is 10.3. The van der Waals surface area contributed by atoms with E-state index in [-0.39, 0.29) is 0 Å². The monoisotopic (exact) mass is 290 g/mol. The van der Waals surface area contributed by atoms with Gasteiger partial charge in [-0.15, -0.1) is 0 Å². The predicted octanol–water partition coefficient (Wildman–Crippen LogP) is 3.69. The summed E-state index contributed by atoms with van der Waals surface area (Å²) in [6.07, 6.45) is 6.61. The maximum atomic E-state index is 5.49. The van der Waals surface area contributed by atoms with E-state index in [4.69, 9.17) is 4.74 Å². The summed E-state index contributed by atoms with van der Waals surface area (Å²) >= 11 is 0. The van der Waals surface area contributed by atoms with Gasteiger partial charge in [0.25, 0.3) is 0 Å². The Balaban J connectivity index is 2.00. The predicted molar refractivity (Wildman–Crippen MR) is 90.3 cm³/mol. The minimum Gasteiger partial charge on any atom is -0.495 e. The molecule has 0 amide bonds. The first kappa shape index (κ1) is 16.2. The van der Waals surface area contributed by atoms with Gasteiger partial charge in [-0.05, 0) is 43.9 Å². The van der Waals surface area contributed by atoms with Crippen LogP contribution in [0.1, 0.15) is 39.0 Å². The molecule has 1 aliphatic rings. The highest BCUT2D eigenvalue weighted by molar-refractivity contribution is 5.57. The zero-order chi connectivity index (χ0) is 15.1. The minimum absolute atomic E-state index is 0.677. The summed E-state index contributed by atoms with van der Waals surface area (Å²) in [6, 6.07) is 8.98. The molecule has 0 saturated heterocycles. The van der Waals surface area contributed by atoms with Crippen LogP contribution in [0, 0.1) is 5.92 Å². The van der Waals surface area contributed by atoms with Crippen molar-refractivity contribution < 1.29 is 4.74 Å². The molecule has 3 nitrogen and oxygen atoms in total. The second-order valence-corrected chi connectivity index (χ2v) is 6.16. The van der Waals surface area contributed by atoms with Crippen molar-refractivity contribution >= 4 is 5.69 Å². The fourth-order valence-electron chi connectivity index (χ4n) is 3.42. The van der Waals surface area contributed by atoms with Gasteiger partial charge in [-0.1, -0.05) is 31.9 Å². The van der Waals surface area contributed by atoms with Crippen LogP contribution in [0.3, 0.4) is 0 Å². The van der Waals surface area contributed by atoms with E-state index < -0.39 is 0 Å². The molecule has 0 spiro atoms. The normalized spacial score (nSPS) is 22.0. The lowest BCUT2D eigenvalue weighted by Crippen LogP contribution is -2.43. The van der Waals surface area contributed by atoms with Gasteiger partial charge in [0, 0.05) is 19.6 Å². The Hall–Kier alpha value is -1.22. The summed E-state index contributed by atoms with van der Waals surface area (Å²) in [5.41, 5.74) is 1.19. The molecule has 1 aliphatic carbocycles. The molecule has 1 saturated carbocycles. The lowest BCUT2D eigenvalue weighted by Gasteiger charge is -2.36. The number of para-hydroxylation sites is 2. The van der Waals surface area contributed by atoms with Gasteiger partial charge >= 0.3 is 0 Å². The zero-order valence-electron chi connectivity index (χ0n) is 13.8. The van der Waals surface area contributed by atoms with Crippen LogP contribution in [0.2, 0.25) is 0 Å². The third kappa shape index (κ3) is 4.37. The van der Waals surface area contributed by atoms with E-state index in [1.165, 1.54) is 37.8 Å². The number of methoxy groups -OCH3 is 1. The van der Waals surface area contributed by atoms with Crippen LogP contribution in [0.15, 0.2) is 24.3 Å². The SMILES string of the molecule is CCCNC1CCCCC1CN(C)c1ccccc1OC. The molecule has 0 aromatic heterocycles. The Morgan fingerprint density at radius 2 is 2.00 bits per heavy atom. The van der Waals surface area contributed by atoms with Crippen LogP contribution in [0.5, 0.6) is 5.75 Å². The second-order valence-electron chi connectivity index (χ2n) is 6.16. The molecule has 2 rings (SSSR count). The molecule has 118 valence electrons. The number of benzene rings is 1. The molecule has 1 fully saturated rings. The summed E-state index contributed by atoms with van der Waals surface area (Å²) in [7, 11) is 3.93. The van der Waals surface area contributed by atoms with E-state index in [2.05, 4.69) is 36.3 Å². The zero-order valence-corrected chi connectivity index (χ0v) is 13.8. The average molecular weight is 290 g/mol. The standard InChI is InChI=1S/C18H30N2O/c1-4-13-19-16-10-6-5-9-15(16)14-20(2)17-11-7-8-12-18(17)21-3/h7-8,11-12,15-16,19H,4-6,9-10,13-14H2,1-3H3. The van der Waals surface area contributed by atoms with E-state index in [1.807, 2.05) is 12.1 Å². The molecule has 1 N–H and O–H groups in total. The molecule has 2 unspecified atom stereocenters. The molecule has 1 aromatic rings. The maximum Gasteiger partial charge on any atom is 0.142 e. The van der Waals surface area contributed by atoms with Crippen molar-refractivity contribution in [2.75, 3.05) is 32.1 Å². The average Bonchev–Trinajstić information content (AvgIpc) is 2.54. The molecule has 0 heterocycles. The molecule has 0 radical (unpaired) electrons. The Morgan fingerprint density at radius 3 is 2.76 bits per heavy atom. The Kier molecular flexibility index (Phi) is 6.37. The van der Waals surface area contributed by atoms with Crippen molar-refractivity contribution in [3.05, 3.63) is 24.3 Å². The van der Waals surface area contributed by atoms with Gasteiger partial charge in [0.2, 0.25) is 0 Å². The molecule has 1 aromatic carbocycles. The molecular weight excluding hydrogens is 260 g/mol. The van der Waals surface area contributed by atoms with Crippen LogP contribution >= 0.6 is 0 Å². The molecular formula is C18H30N2O.